The summed E-state index contributed by atoms with van der Waals surface area (Å²) < 4.78 is 0. The standard InChI is InChI=1S/C4H8O2.2BrH.In/c1-3(2)4(5)6;;;/h3H,1-2H3,(H,5,6);2*1H;/q;;;+3/p-3. The average molecular weight is 362 g/mol. The van der Waals surface area contributed by atoms with E-state index in [-0.39, 0.29) is 65.7 Å². The zero-order valence-corrected chi connectivity index (χ0v) is 11.7. The van der Waals surface area contributed by atoms with Crippen LogP contribution < -0.4 is 39.1 Å². The normalized spacial score (nSPS) is 6.11. The topological polar surface area (TPSA) is 40.1 Å². The minimum atomic E-state index is -0.991. The van der Waals surface area contributed by atoms with Gasteiger partial charge in [0.15, 0.2) is 0 Å². The molecule has 0 saturated carbocycles. The second-order valence-corrected chi connectivity index (χ2v) is 1.47. The first kappa shape index (κ1) is 22.4. The van der Waals surface area contributed by atoms with Crippen molar-refractivity contribution >= 4 is 31.8 Å². The molecule has 52 valence electrons. The van der Waals surface area contributed by atoms with Gasteiger partial charge in [-0.3, -0.25) is 0 Å². The molecule has 0 aromatic carbocycles. The molecule has 0 bridgehead atoms. The molecule has 0 aliphatic carbocycles. The number of carbonyl (C=O) groups excluding carboxylic acids is 1. The van der Waals surface area contributed by atoms with Crippen molar-refractivity contribution in [2.75, 3.05) is 0 Å². The van der Waals surface area contributed by atoms with Crippen molar-refractivity contribution in [3.63, 3.8) is 0 Å². The molecular weight excluding hydrogens is 355 g/mol. The van der Waals surface area contributed by atoms with Gasteiger partial charge in [0, 0.05) is 5.97 Å². The third-order valence-corrected chi connectivity index (χ3v) is 0.471. The Labute approximate surface area is 94.7 Å². The zero-order chi connectivity index (χ0) is 5.15. The van der Waals surface area contributed by atoms with E-state index in [0.717, 1.165) is 0 Å². The van der Waals surface area contributed by atoms with Gasteiger partial charge in [-0.15, -0.1) is 0 Å². The first-order valence-electron chi connectivity index (χ1n) is 1.85. The van der Waals surface area contributed by atoms with E-state index in [1.807, 2.05) is 0 Å². The van der Waals surface area contributed by atoms with Crippen molar-refractivity contribution in [3.8, 4) is 0 Å². The maximum absolute atomic E-state index is 9.59. The molecular formula is C4H7Br2InO2. The molecule has 0 spiro atoms. The Morgan fingerprint density at radius 1 is 1.33 bits per heavy atom. The van der Waals surface area contributed by atoms with Crippen LogP contribution in [0.2, 0.25) is 0 Å². The van der Waals surface area contributed by atoms with Gasteiger partial charge in [-0.05, 0) is 5.92 Å². The molecule has 0 aliphatic rings. The fourth-order valence-electron chi connectivity index (χ4n) is 0. The molecule has 0 fully saturated rings. The largest absolute Gasteiger partial charge is 3.00 e. The average Bonchev–Trinajstić information content (AvgIpc) is 1.36. The summed E-state index contributed by atoms with van der Waals surface area (Å²) in [6.07, 6.45) is 0. The van der Waals surface area contributed by atoms with Gasteiger partial charge in [0.1, 0.15) is 0 Å². The van der Waals surface area contributed by atoms with Gasteiger partial charge in [0.2, 0.25) is 0 Å². The first-order chi connectivity index (χ1) is 2.64. The van der Waals surface area contributed by atoms with Gasteiger partial charge in [-0.25, -0.2) is 0 Å². The summed E-state index contributed by atoms with van der Waals surface area (Å²) in [5.41, 5.74) is 0. The van der Waals surface area contributed by atoms with Crippen molar-refractivity contribution < 1.29 is 43.9 Å². The molecule has 9 heavy (non-hydrogen) atoms. The number of rotatable bonds is 1. The van der Waals surface area contributed by atoms with Gasteiger partial charge in [-0.1, -0.05) is 13.8 Å². The predicted molar refractivity (Wildman–Crippen MR) is 25.6 cm³/mol. The summed E-state index contributed by atoms with van der Waals surface area (Å²) in [7, 11) is 0. The van der Waals surface area contributed by atoms with Crippen LogP contribution in [0.15, 0.2) is 0 Å². The van der Waals surface area contributed by atoms with Crippen LogP contribution in [0, 0.1) is 5.92 Å². The molecule has 0 aliphatic heterocycles. The maximum Gasteiger partial charge on any atom is 3.00 e. The zero-order valence-electron chi connectivity index (χ0n) is 5.23. The number of hydrogen-bond donors (Lipinski definition) is 0. The molecule has 0 aromatic rings. The van der Waals surface area contributed by atoms with Crippen LogP contribution in [-0.2, 0) is 4.79 Å². The van der Waals surface area contributed by atoms with E-state index in [0.29, 0.717) is 0 Å². The summed E-state index contributed by atoms with van der Waals surface area (Å²) in [4.78, 5) is 9.59. The minimum Gasteiger partial charge on any atom is -1.00 e. The number of carboxylic acid groups (broad SMARTS) is 1. The van der Waals surface area contributed by atoms with Gasteiger partial charge < -0.3 is 43.9 Å². The van der Waals surface area contributed by atoms with Gasteiger partial charge in [0.05, 0.1) is 0 Å². The second kappa shape index (κ2) is 12.0. The Morgan fingerprint density at radius 3 is 1.44 bits per heavy atom. The molecule has 0 N–H and O–H groups in total. The minimum absolute atomic E-state index is 0. The number of halogens is 2. The van der Waals surface area contributed by atoms with Crippen LogP contribution in [0.4, 0.5) is 0 Å². The van der Waals surface area contributed by atoms with Crippen LogP contribution in [0.25, 0.3) is 0 Å². The van der Waals surface area contributed by atoms with Crippen LogP contribution in [0.1, 0.15) is 13.8 Å². The number of aliphatic carboxylic acids is 1. The quantitative estimate of drug-likeness (QED) is 0.466. The fraction of sp³-hybridized carbons (Fsp3) is 0.750. The summed E-state index contributed by atoms with van der Waals surface area (Å²) >= 11 is 0. The fourth-order valence-corrected chi connectivity index (χ4v) is 0. The number of carboxylic acids is 1. The summed E-state index contributed by atoms with van der Waals surface area (Å²) in [6, 6.07) is 0. The van der Waals surface area contributed by atoms with Crippen molar-refractivity contribution in [2.24, 2.45) is 5.92 Å². The van der Waals surface area contributed by atoms with E-state index in [4.69, 9.17) is 0 Å². The van der Waals surface area contributed by atoms with Gasteiger partial charge >= 0.3 is 25.8 Å². The molecule has 0 saturated heterocycles. The van der Waals surface area contributed by atoms with E-state index in [2.05, 4.69) is 0 Å². The smallest absolute Gasteiger partial charge is 1.00 e. The molecule has 0 amide bonds. The molecule has 0 heterocycles. The Balaban J connectivity index is -0.0000000417. The summed E-state index contributed by atoms with van der Waals surface area (Å²) in [5, 5.41) is 9.59. The third-order valence-electron chi connectivity index (χ3n) is 0.471. The molecule has 0 aromatic heterocycles. The van der Waals surface area contributed by atoms with Crippen molar-refractivity contribution in [1.29, 1.82) is 0 Å². The number of carbonyl (C=O) groups is 1. The Kier molecular flexibility index (Phi) is 30.0. The van der Waals surface area contributed by atoms with Crippen LogP contribution >= 0.6 is 0 Å². The Hall–Kier alpha value is 1.30. The van der Waals surface area contributed by atoms with Crippen molar-refractivity contribution in [1.82, 2.24) is 0 Å². The van der Waals surface area contributed by atoms with E-state index in [1.165, 1.54) is 0 Å². The monoisotopic (exact) mass is 360 g/mol. The van der Waals surface area contributed by atoms with E-state index in [9.17, 15) is 9.90 Å². The van der Waals surface area contributed by atoms with Crippen LogP contribution in [-0.4, -0.2) is 31.8 Å². The van der Waals surface area contributed by atoms with E-state index >= 15 is 0 Å². The van der Waals surface area contributed by atoms with Crippen LogP contribution in [0.3, 0.4) is 0 Å². The van der Waals surface area contributed by atoms with Crippen molar-refractivity contribution in [3.05, 3.63) is 0 Å². The third kappa shape index (κ3) is 17.6. The van der Waals surface area contributed by atoms with E-state index < -0.39 is 5.97 Å². The molecule has 0 atom stereocenters. The SMILES string of the molecule is CC(C)C(=O)[O-].[Br-].[Br-].[In+3]. The van der Waals surface area contributed by atoms with Crippen molar-refractivity contribution in [2.45, 2.75) is 13.8 Å². The maximum atomic E-state index is 9.59. The van der Waals surface area contributed by atoms with Crippen LogP contribution in [0.5, 0.6) is 0 Å². The van der Waals surface area contributed by atoms with Gasteiger partial charge in [-0.2, -0.15) is 0 Å². The molecule has 2 nitrogen and oxygen atoms in total. The summed E-state index contributed by atoms with van der Waals surface area (Å²) in [5.74, 6) is -1.33. The second-order valence-electron chi connectivity index (χ2n) is 1.47. The predicted octanol–water partition coefficient (Wildman–Crippen LogP) is -6.98. The number of hydrogen-bond acceptors (Lipinski definition) is 2. The van der Waals surface area contributed by atoms with E-state index in [1.54, 1.807) is 13.8 Å². The van der Waals surface area contributed by atoms with Gasteiger partial charge in [0.25, 0.3) is 0 Å². The molecule has 0 unspecified atom stereocenters. The molecule has 0 rings (SSSR count). The Morgan fingerprint density at radius 2 is 1.44 bits per heavy atom. The molecule has 0 radical (unpaired) electrons. The Bertz CT molecular complexity index is 67.6. The summed E-state index contributed by atoms with van der Waals surface area (Å²) in [6.45, 7) is 3.16. The first-order valence-corrected chi connectivity index (χ1v) is 1.85. The molecule has 5 heteroatoms.